The van der Waals surface area contributed by atoms with Crippen LogP contribution in [0, 0.1) is 0 Å². The van der Waals surface area contributed by atoms with Crippen LogP contribution in [0.3, 0.4) is 0 Å². The van der Waals surface area contributed by atoms with Gasteiger partial charge in [0.1, 0.15) is 0 Å². The van der Waals surface area contributed by atoms with E-state index in [0.29, 0.717) is 17.5 Å². The van der Waals surface area contributed by atoms with Crippen molar-refractivity contribution in [1.29, 1.82) is 0 Å². The minimum absolute atomic E-state index is 0.594. The molecule has 318 valence electrons. The van der Waals surface area contributed by atoms with Gasteiger partial charge in [-0.05, 0) is 88.5 Å². The smallest absolute Gasteiger partial charge is 0.164 e. The molecule has 68 heavy (non-hydrogen) atoms. The number of fused-ring (bicyclic) bond motifs is 6. The highest BCUT2D eigenvalue weighted by Crippen LogP contribution is 2.40. The van der Waals surface area contributed by atoms with E-state index in [1.807, 2.05) is 6.07 Å². The molecule has 0 fully saturated rings. The highest BCUT2D eigenvalue weighted by molar-refractivity contribution is 6.10. The predicted octanol–water partition coefficient (Wildman–Crippen LogP) is 16.1. The Morgan fingerprint density at radius 1 is 0.235 bits per heavy atom. The quantitative estimate of drug-likeness (QED) is 0.153. The zero-order valence-corrected chi connectivity index (χ0v) is 36.9. The third kappa shape index (κ3) is 6.76. The van der Waals surface area contributed by atoms with Crippen molar-refractivity contribution < 1.29 is 0 Å². The largest absolute Gasteiger partial charge is 0.309 e. The molecular weight excluding hydrogens is 827 g/mol. The third-order valence-corrected chi connectivity index (χ3v) is 13.2. The summed E-state index contributed by atoms with van der Waals surface area (Å²) in [7, 11) is 0. The summed E-state index contributed by atoms with van der Waals surface area (Å²) < 4.78 is 4.74. The van der Waals surface area contributed by atoms with Crippen LogP contribution >= 0.6 is 0 Å². The van der Waals surface area contributed by atoms with Crippen molar-refractivity contribution in [2.75, 3.05) is 0 Å². The Labute approximate surface area is 393 Å². The summed E-state index contributed by atoms with van der Waals surface area (Å²) in [5, 5.41) is 4.87. The van der Waals surface area contributed by atoms with Crippen LogP contribution in [-0.2, 0) is 0 Å². The lowest BCUT2D eigenvalue weighted by Crippen LogP contribution is -2.02. The summed E-state index contributed by atoms with van der Waals surface area (Å²) in [6.07, 6.45) is 0. The second-order valence-corrected chi connectivity index (χ2v) is 17.2. The van der Waals surface area contributed by atoms with Crippen molar-refractivity contribution >= 4 is 43.6 Å². The summed E-state index contributed by atoms with van der Waals surface area (Å²) in [6, 6.07) is 88.2. The number of nitrogens with zero attached hydrogens (tertiary/aromatic N) is 5. The van der Waals surface area contributed by atoms with Gasteiger partial charge in [-0.1, -0.05) is 188 Å². The van der Waals surface area contributed by atoms with E-state index < -0.39 is 0 Å². The highest BCUT2D eigenvalue weighted by atomic mass is 15.0. The monoisotopic (exact) mass is 867 g/mol. The zero-order valence-electron chi connectivity index (χ0n) is 36.9. The van der Waals surface area contributed by atoms with Gasteiger partial charge in [0, 0.05) is 49.5 Å². The molecule has 0 saturated heterocycles. The minimum Gasteiger partial charge on any atom is -0.309 e. The molecule has 13 aromatic rings. The fourth-order valence-electron chi connectivity index (χ4n) is 10.00. The van der Waals surface area contributed by atoms with E-state index in [4.69, 9.17) is 15.0 Å². The van der Waals surface area contributed by atoms with E-state index in [0.717, 1.165) is 83.5 Å². The molecule has 3 aromatic heterocycles. The Balaban J connectivity index is 1.01. The van der Waals surface area contributed by atoms with E-state index in [1.54, 1.807) is 0 Å². The van der Waals surface area contributed by atoms with Crippen molar-refractivity contribution in [3.05, 3.63) is 249 Å². The Kier molecular flexibility index (Phi) is 9.43. The van der Waals surface area contributed by atoms with Crippen LogP contribution in [0.2, 0.25) is 0 Å². The fraction of sp³-hybridized carbons (Fsp3) is 0. The number of benzene rings is 10. The number of hydrogen-bond acceptors (Lipinski definition) is 3. The van der Waals surface area contributed by atoms with Gasteiger partial charge in [0.25, 0.3) is 0 Å². The van der Waals surface area contributed by atoms with Gasteiger partial charge in [-0.25, -0.2) is 15.0 Å². The number of hydrogen-bond donors (Lipinski definition) is 0. The summed E-state index contributed by atoms with van der Waals surface area (Å²) in [4.78, 5) is 15.9. The number of aromatic nitrogens is 5. The topological polar surface area (TPSA) is 48.5 Å². The molecule has 0 N–H and O–H groups in total. The van der Waals surface area contributed by atoms with Crippen molar-refractivity contribution in [1.82, 2.24) is 24.1 Å². The first-order chi connectivity index (χ1) is 33.7. The van der Waals surface area contributed by atoms with Gasteiger partial charge in [0.15, 0.2) is 17.5 Å². The molecule has 0 saturated carbocycles. The maximum absolute atomic E-state index is 5.34. The van der Waals surface area contributed by atoms with Gasteiger partial charge in [-0.3, -0.25) is 0 Å². The molecule has 5 heteroatoms. The first-order valence-corrected chi connectivity index (χ1v) is 23.0. The first-order valence-electron chi connectivity index (χ1n) is 23.0. The predicted molar refractivity (Wildman–Crippen MR) is 281 cm³/mol. The molecule has 0 aliphatic carbocycles. The average Bonchev–Trinajstić information content (AvgIpc) is 3.94. The molecule has 0 atom stereocenters. The molecule has 10 aromatic carbocycles. The average molecular weight is 868 g/mol. The molecule has 0 unspecified atom stereocenters. The summed E-state index contributed by atoms with van der Waals surface area (Å²) in [6.45, 7) is 0. The summed E-state index contributed by atoms with van der Waals surface area (Å²) in [5.74, 6) is 1.80. The summed E-state index contributed by atoms with van der Waals surface area (Å²) >= 11 is 0. The lowest BCUT2D eigenvalue weighted by atomic mass is 9.96. The summed E-state index contributed by atoms with van der Waals surface area (Å²) in [5.41, 5.74) is 16.1. The minimum atomic E-state index is 0.594. The van der Waals surface area contributed by atoms with Crippen LogP contribution in [-0.4, -0.2) is 24.1 Å². The van der Waals surface area contributed by atoms with Crippen molar-refractivity contribution in [3.8, 4) is 78.9 Å². The molecule has 0 spiro atoms. The molecule has 5 nitrogen and oxygen atoms in total. The zero-order chi connectivity index (χ0) is 45.0. The van der Waals surface area contributed by atoms with Crippen LogP contribution < -0.4 is 0 Å². The molecule has 0 aliphatic heterocycles. The highest BCUT2D eigenvalue weighted by Gasteiger charge is 2.20. The molecule has 0 amide bonds. The molecular formula is C63H41N5. The molecule has 0 aliphatic rings. The molecule has 3 heterocycles. The number of rotatable bonds is 8. The van der Waals surface area contributed by atoms with E-state index in [9.17, 15) is 0 Å². The Morgan fingerprint density at radius 2 is 0.603 bits per heavy atom. The lowest BCUT2D eigenvalue weighted by Gasteiger charge is -2.17. The van der Waals surface area contributed by atoms with Crippen LogP contribution in [0.4, 0.5) is 0 Å². The van der Waals surface area contributed by atoms with Gasteiger partial charge in [0.2, 0.25) is 0 Å². The van der Waals surface area contributed by atoms with Crippen LogP contribution in [0.5, 0.6) is 0 Å². The van der Waals surface area contributed by atoms with Gasteiger partial charge in [0.05, 0.1) is 27.8 Å². The standard InChI is InChI=1S/C63H41N5/c1-3-18-42(19-4-1)44-22-15-24-47(38-44)61-64-62(66-63(65-61)49-26-17-27-50(40-49)67-56-32-11-7-28-51(56)52-29-8-12-33-57(52)67)48-25-16-23-46(39-48)55-41-45(43-20-5-2-6-21-43)36-37-60(55)68-58-34-13-9-30-53(58)54-31-10-14-35-59(54)68/h1-41H. The maximum atomic E-state index is 5.34. The van der Waals surface area contributed by atoms with Crippen molar-refractivity contribution in [2.45, 2.75) is 0 Å². The van der Waals surface area contributed by atoms with Crippen molar-refractivity contribution in [3.63, 3.8) is 0 Å². The first kappa shape index (κ1) is 39.2. The molecule has 0 bridgehead atoms. The van der Waals surface area contributed by atoms with Crippen LogP contribution in [0.25, 0.3) is 123 Å². The van der Waals surface area contributed by atoms with E-state index in [2.05, 4.69) is 252 Å². The Morgan fingerprint density at radius 3 is 1.12 bits per heavy atom. The Hall–Kier alpha value is -9.19. The van der Waals surface area contributed by atoms with Gasteiger partial charge in [-0.15, -0.1) is 0 Å². The third-order valence-electron chi connectivity index (χ3n) is 13.2. The maximum Gasteiger partial charge on any atom is 0.164 e. The van der Waals surface area contributed by atoms with Crippen molar-refractivity contribution in [2.24, 2.45) is 0 Å². The van der Waals surface area contributed by atoms with Crippen LogP contribution in [0.1, 0.15) is 0 Å². The molecule has 13 rings (SSSR count). The van der Waals surface area contributed by atoms with E-state index in [1.165, 1.54) is 21.5 Å². The Bertz CT molecular complexity index is 3930. The van der Waals surface area contributed by atoms with Gasteiger partial charge >= 0.3 is 0 Å². The SMILES string of the molecule is c1ccc(-c2cccc(-c3nc(-c4cccc(-c5cc(-c6ccccc6)ccc5-n5c6ccccc6c6ccccc65)c4)nc(-c4cccc(-n5c6ccccc6c6ccccc65)c4)n3)c2)cc1. The van der Waals surface area contributed by atoms with E-state index >= 15 is 0 Å². The number of para-hydroxylation sites is 4. The van der Waals surface area contributed by atoms with Crippen LogP contribution in [0.15, 0.2) is 249 Å². The second-order valence-electron chi connectivity index (χ2n) is 17.2. The fourth-order valence-corrected chi connectivity index (χ4v) is 10.00. The lowest BCUT2D eigenvalue weighted by molar-refractivity contribution is 1.07. The molecule has 0 radical (unpaired) electrons. The normalized spacial score (nSPS) is 11.5. The van der Waals surface area contributed by atoms with Gasteiger partial charge in [-0.2, -0.15) is 0 Å². The van der Waals surface area contributed by atoms with Gasteiger partial charge < -0.3 is 9.13 Å². The van der Waals surface area contributed by atoms with E-state index in [-0.39, 0.29) is 0 Å². The second kappa shape index (κ2) is 16.4.